The first-order chi connectivity index (χ1) is 15.7. The van der Waals surface area contributed by atoms with Gasteiger partial charge in [-0.05, 0) is 38.1 Å². The summed E-state index contributed by atoms with van der Waals surface area (Å²) in [6.07, 6.45) is -11.3. The van der Waals surface area contributed by atoms with Crippen LogP contribution in [0, 0.1) is 0 Å². The molecule has 0 fully saturated rings. The number of alkyl halides is 6. The molecule has 3 N–H and O–H groups in total. The van der Waals surface area contributed by atoms with Crippen LogP contribution >= 0.6 is 0 Å². The number of nitrogens with two attached hydrogens (primary N) is 1. The number of pyridine rings is 1. The number of benzene rings is 1. The molecule has 0 saturated heterocycles. The van der Waals surface area contributed by atoms with E-state index in [1.54, 1.807) is 0 Å². The first-order valence-electron chi connectivity index (χ1n) is 9.47. The number of hydrogen-bond donors (Lipinski definition) is 2. The van der Waals surface area contributed by atoms with Crippen molar-refractivity contribution in [2.45, 2.75) is 38.5 Å². The van der Waals surface area contributed by atoms with Gasteiger partial charge < -0.3 is 25.3 Å². The van der Waals surface area contributed by atoms with Crippen molar-refractivity contribution in [3.05, 3.63) is 47.8 Å². The van der Waals surface area contributed by atoms with Crippen LogP contribution in [0.1, 0.15) is 35.9 Å². The van der Waals surface area contributed by atoms with Gasteiger partial charge >= 0.3 is 18.6 Å². The molecule has 0 unspecified atom stereocenters. The van der Waals surface area contributed by atoms with E-state index in [-0.39, 0.29) is 22.7 Å². The fourth-order valence-electron chi connectivity index (χ4n) is 2.73. The number of anilines is 1. The van der Waals surface area contributed by atoms with Gasteiger partial charge in [0.25, 0.3) is 0 Å². The summed E-state index contributed by atoms with van der Waals surface area (Å²) < 4.78 is 88.7. The summed E-state index contributed by atoms with van der Waals surface area (Å²) >= 11 is 0. The molecule has 2 rings (SSSR count). The lowest BCUT2D eigenvalue weighted by molar-refractivity contribution is -0.274. The second-order valence-corrected chi connectivity index (χ2v) is 6.86. The van der Waals surface area contributed by atoms with Crippen molar-refractivity contribution in [3.8, 4) is 11.5 Å². The second-order valence-electron chi connectivity index (χ2n) is 6.86. The minimum absolute atomic E-state index is 0.178. The molecular weight excluding hydrogens is 476 g/mol. The Morgan fingerprint density at radius 3 is 2.29 bits per heavy atom. The number of carbonyl (C=O) groups is 2. The summed E-state index contributed by atoms with van der Waals surface area (Å²) in [7, 11) is 0. The predicted octanol–water partition coefficient (Wildman–Crippen LogP) is 4.76. The van der Waals surface area contributed by atoms with E-state index in [1.807, 2.05) is 0 Å². The minimum atomic E-state index is -5.09. The van der Waals surface area contributed by atoms with E-state index in [1.165, 1.54) is 32.0 Å². The molecule has 0 bridgehead atoms. The first-order valence-corrected chi connectivity index (χ1v) is 9.47. The lowest BCUT2D eigenvalue weighted by Gasteiger charge is -2.22. The second kappa shape index (κ2) is 10.5. The number of hydrogen-bond acceptors (Lipinski definition) is 7. The Labute approximate surface area is 189 Å². The van der Waals surface area contributed by atoms with E-state index in [4.69, 9.17) is 5.73 Å². The Balaban J connectivity index is 2.34. The zero-order valence-corrected chi connectivity index (χ0v) is 17.7. The summed E-state index contributed by atoms with van der Waals surface area (Å²) in [6.45, 7) is 1.13. The summed E-state index contributed by atoms with van der Waals surface area (Å²) in [5.41, 5.74) is 4.41. The van der Waals surface area contributed by atoms with E-state index < -0.39 is 48.9 Å². The molecule has 2 aromatic rings. The van der Waals surface area contributed by atoms with Gasteiger partial charge in [0.2, 0.25) is 5.78 Å². The minimum Gasteiger partial charge on any atom is -0.483 e. The summed E-state index contributed by atoms with van der Waals surface area (Å²) in [5.74, 6) is -1.80. The highest BCUT2D eigenvalue weighted by Gasteiger charge is 2.34. The van der Waals surface area contributed by atoms with Crippen molar-refractivity contribution in [1.29, 1.82) is 0 Å². The van der Waals surface area contributed by atoms with Gasteiger partial charge in [0, 0.05) is 5.56 Å². The van der Waals surface area contributed by atoms with Crippen LogP contribution in [0.15, 0.2) is 36.5 Å². The third-order valence-corrected chi connectivity index (χ3v) is 4.15. The molecule has 0 aliphatic carbocycles. The maximum absolute atomic E-state index is 12.9. The quantitative estimate of drug-likeness (QED) is 0.381. The number of carbonyl (C=O) groups excluding carboxylic acids is 2. The van der Waals surface area contributed by atoms with Crippen LogP contribution in [0.5, 0.6) is 11.5 Å². The zero-order valence-electron chi connectivity index (χ0n) is 17.7. The van der Waals surface area contributed by atoms with Crippen molar-refractivity contribution in [3.63, 3.8) is 0 Å². The molecule has 1 aromatic carbocycles. The average molecular weight is 495 g/mol. The zero-order chi connectivity index (χ0) is 25.7. The number of aromatic nitrogens is 1. The van der Waals surface area contributed by atoms with Gasteiger partial charge in [0.1, 0.15) is 5.75 Å². The van der Waals surface area contributed by atoms with Gasteiger partial charge in [-0.2, -0.15) is 13.2 Å². The van der Waals surface area contributed by atoms with Crippen molar-refractivity contribution in [2.75, 3.05) is 11.9 Å². The van der Waals surface area contributed by atoms with Crippen LogP contribution in [-0.4, -0.2) is 42.1 Å². The number of ketones is 1. The molecule has 1 heterocycles. The van der Waals surface area contributed by atoms with Crippen molar-refractivity contribution in [1.82, 2.24) is 4.98 Å². The third kappa shape index (κ3) is 8.01. The molecule has 8 nitrogen and oxygen atoms in total. The van der Waals surface area contributed by atoms with Gasteiger partial charge in [0.15, 0.2) is 18.5 Å². The number of Topliss-reactive ketones (excluding diaryl/α,β-unsaturated/α-hetero) is 1. The third-order valence-electron chi connectivity index (χ3n) is 4.15. The number of nitrogens with zero attached hydrogens (tertiary/aromatic N) is 1. The normalized spacial score (nSPS) is 13.5. The van der Waals surface area contributed by atoms with Gasteiger partial charge in [-0.25, -0.2) is 4.79 Å². The molecule has 14 heteroatoms. The van der Waals surface area contributed by atoms with Crippen LogP contribution in [0.4, 0.5) is 36.8 Å². The lowest BCUT2D eigenvalue weighted by Crippen LogP contribution is -2.28. The standard InChI is InChI=1S/C20H19F6N3O5/c1-10(14-7-6-12(8-28-14)32-9-19(21,22)23)29-16-13(17(30)11(2)33-18(27)31)4-3-5-15(16)34-20(24,25)26/h3-8,10-11,29H,9H2,1-2H3,(H2,27,31)/t10-,11-/m1/s1. The molecule has 0 saturated carbocycles. The Bertz CT molecular complexity index is 1010. The molecule has 2 atom stereocenters. The number of para-hydroxylation sites is 1. The van der Waals surface area contributed by atoms with Crippen LogP contribution in [-0.2, 0) is 4.74 Å². The highest BCUT2D eigenvalue weighted by molar-refractivity contribution is 6.05. The van der Waals surface area contributed by atoms with E-state index in [2.05, 4.69) is 24.5 Å². The monoisotopic (exact) mass is 495 g/mol. The average Bonchev–Trinajstić information content (AvgIpc) is 2.71. The number of ether oxygens (including phenoxy) is 3. The Morgan fingerprint density at radius 2 is 1.76 bits per heavy atom. The fraction of sp³-hybridized carbons (Fsp3) is 0.350. The van der Waals surface area contributed by atoms with Crippen molar-refractivity contribution in [2.24, 2.45) is 5.73 Å². The Hall–Kier alpha value is -3.71. The lowest BCUT2D eigenvalue weighted by atomic mass is 10.0. The van der Waals surface area contributed by atoms with Gasteiger partial charge in [-0.3, -0.25) is 9.78 Å². The smallest absolute Gasteiger partial charge is 0.483 e. The highest BCUT2D eigenvalue weighted by Crippen LogP contribution is 2.36. The van der Waals surface area contributed by atoms with Crippen molar-refractivity contribution < 1.29 is 50.1 Å². The molecular formula is C20H19F6N3O5. The predicted molar refractivity (Wildman–Crippen MR) is 105 cm³/mol. The van der Waals surface area contributed by atoms with Crippen LogP contribution < -0.4 is 20.5 Å². The topological polar surface area (TPSA) is 113 Å². The number of nitrogens with one attached hydrogen (secondary N) is 1. The number of rotatable bonds is 9. The molecule has 186 valence electrons. The molecule has 0 radical (unpaired) electrons. The van der Waals surface area contributed by atoms with Crippen molar-refractivity contribution >= 4 is 17.6 Å². The SMILES string of the molecule is C[C@@H](OC(N)=O)C(=O)c1cccc(OC(F)(F)F)c1N[C@H](C)c1ccc(OCC(F)(F)F)cn1. The first kappa shape index (κ1) is 26.5. The van der Waals surface area contributed by atoms with Crippen LogP contribution in [0.25, 0.3) is 0 Å². The molecule has 0 aliphatic heterocycles. The fourth-order valence-corrected chi connectivity index (χ4v) is 2.73. The Morgan fingerprint density at radius 1 is 1.09 bits per heavy atom. The number of amides is 1. The van der Waals surface area contributed by atoms with Gasteiger partial charge in [0.05, 0.1) is 23.6 Å². The van der Waals surface area contributed by atoms with E-state index in [9.17, 15) is 35.9 Å². The van der Waals surface area contributed by atoms with E-state index in [0.717, 1.165) is 18.3 Å². The summed E-state index contributed by atoms with van der Waals surface area (Å²) in [6, 6.07) is 4.90. The van der Waals surface area contributed by atoms with Crippen LogP contribution in [0.3, 0.4) is 0 Å². The van der Waals surface area contributed by atoms with E-state index in [0.29, 0.717) is 0 Å². The molecule has 1 aromatic heterocycles. The molecule has 0 aliphatic rings. The van der Waals surface area contributed by atoms with Gasteiger partial charge in [-0.15, -0.1) is 13.2 Å². The summed E-state index contributed by atoms with van der Waals surface area (Å²) in [4.78, 5) is 27.6. The number of primary amides is 1. The molecule has 1 amide bonds. The highest BCUT2D eigenvalue weighted by atomic mass is 19.4. The number of halogens is 6. The molecule has 0 spiro atoms. The van der Waals surface area contributed by atoms with Gasteiger partial charge in [-0.1, -0.05) is 6.07 Å². The summed E-state index contributed by atoms with van der Waals surface area (Å²) in [5, 5.41) is 2.68. The Kier molecular flexibility index (Phi) is 8.18. The van der Waals surface area contributed by atoms with Crippen LogP contribution in [0.2, 0.25) is 0 Å². The molecule has 34 heavy (non-hydrogen) atoms. The maximum Gasteiger partial charge on any atom is 0.573 e. The largest absolute Gasteiger partial charge is 0.573 e. The van der Waals surface area contributed by atoms with E-state index >= 15 is 0 Å². The maximum atomic E-state index is 12.9.